The zero-order valence-electron chi connectivity index (χ0n) is 7.43. The summed E-state index contributed by atoms with van der Waals surface area (Å²) in [5.41, 5.74) is 1.28. The van der Waals surface area contributed by atoms with E-state index in [-0.39, 0.29) is 0 Å². The largest absolute Gasteiger partial charge is 0.492 e. The summed E-state index contributed by atoms with van der Waals surface area (Å²) in [6.07, 6.45) is 1.06. The minimum atomic E-state index is 0.805. The second-order valence-corrected chi connectivity index (χ2v) is 3.94. The second-order valence-electron chi connectivity index (χ2n) is 2.78. The lowest BCUT2D eigenvalue weighted by molar-refractivity contribution is 0.315. The molecular weight excluding hydrogens is 263 g/mol. The van der Waals surface area contributed by atoms with Crippen LogP contribution in [0.5, 0.6) is 5.75 Å². The lowest BCUT2D eigenvalue weighted by Crippen LogP contribution is -1.96. The standard InChI is InChI=1S/C10H13IO/c1-3-6-12-10-5-4-8(2)7-9(10)11/h4-5,7H,3,6H2,1-2H3. The first-order valence-electron chi connectivity index (χ1n) is 4.13. The van der Waals surface area contributed by atoms with Gasteiger partial charge in [0.15, 0.2) is 0 Å². The molecule has 12 heavy (non-hydrogen) atoms. The molecule has 0 aliphatic heterocycles. The van der Waals surface area contributed by atoms with Crippen molar-refractivity contribution in [2.75, 3.05) is 6.61 Å². The highest BCUT2D eigenvalue weighted by Crippen LogP contribution is 2.21. The maximum atomic E-state index is 5.53. The molecule has 0 unspecified atom stereocenters. The average Bonchev–Trinajstić information content (AvgIpc) is 2.03. The first kappa shape index (κ1) is 9.84. The summed E-state index contributed by atoms with van der Waals surface area (Å²) >= 11 is 2.30. The summed E-state index contributed by atoms with van der Waals surface area (Å²) in [7, 11) is 0. The van der Waals surface area contributed by atoms with Crippen LogP contribution in [0.3, 0.4) is 0 Å². The van der Waals surface area contributed by atoms with Gasteiger partial charge in [-0.1, -0.05) is 13.0 Å². The van der Waals surface area contributed by atoms with Crippen LogP contribution in [0.4, 0.5) is 0 Å². The molecule has 0 aliphatic rings. The van der Waals surface area contributed by atoms with Gasteiger partial charge in [-0.2, -0.15) is 0 Å². The van der Waals surface area contributed by atoms with Crippen molar-refractivity contribution < 1.29 is 4.74 Å². The van der Waals surface area contributed by atoms with Gasteiger partial charge < -0.3 is 4.74 Å². The van der Waals surface area contributed by atoms with E-state index < -0.39 is 0 Å². The Kier molecular flexibility index (Phi) is 3.85. The van der Waals surface area contributed by atoms with Gasteiger partial charge in [-0.3, -0.25) is 0 Å². The van der Waals surface area contributed by atoms with Gasteiger partial charge in [-0.05, 0) is 53.6 Å². The molecule has 0 atom stereocenters. The van der Waals surface area contributed by atoms with Gasteiger partial charge in [0.05, 0.1) is 10.2 Å². The van der Waals surface area contributed by atoms with Gasteiger partial charge in [0.1, 0.15) is 5.75 Å². The van der Waals surface area contributed by atoms with Crippen LogP contribution in [0.25, 0.3) is 0 Å². The third-order valence-corrected chi connectivity index (χ3v) is 2.39. The molecule has 0 aliphatic carbocycles. The lowest BCUT2D eigenvalue weighted by atomic mass is 10.2. The summed E-state index contributed by atoms with van der Waals surface area (Å²) in [6, 6.07) is 6.24. The third-order valence-electron chi connectivity index (χ3n) is 1.55. The van der Waals surface area contributed by atoms with Crippen LogP contribution in [0.1, 0.15) is 18.9 Å². The highest BCUT2D eigenvalue weighted by molar-refractivity contribution is 14.1. The van der Waals surface area contributed by atoms with Crippen LogP contribution >= 0.6 is 22.6 Å². The zero-order chi connectivity index (χ0) is 8.97. The molecule has 0 heterocycles. The maximum absolute atomic E-state index is 5.53. The zero-order valence-corrected chi connectivity index (χ0v) is 9.59. The predicted molar refractivity (Wildman–Crippen MR) is 59.7 cm³/mol. The summed E-state index contributed by atoms with van der Waals surface area (Å²) < 4.78 is 6.73. The van der Waals surface area contributed by atoms with Crippen molar-refractivity contribution in [3.8, 4) is 5.75 Å². The number of benzene rings is 1. The van der Waals surface area contributed by atoms with Gasteiger partial charge in [-0.15, -0.1) is 0 Å². The summed E-state index contributed by atoms with van der Waals surface area (Å²) in [6.45, 7) is 5.01. The molecule has 1 rings (SSSR count). The van der Waals surface area contributed by atoms with Crippen LogP contribution < -0.4 is 4.74 Å². The Bertz CT molecular complexity index is 258. The van der Waals surface area contributed by atoms with E-state index in [2.05, 4.69) is 48.6 Å². The summed E-state index contributed by atoms with van der Waals surface area (Å²) in [4.78, 5) is 0. The fourth-order valence-corrected chi connectivity index (χ4v) is 1.76. The number of hydrogen-bond donors (Lipinski definition) is 0. The molecule has 1 nitrogen and oxygen atoms in total. The number of aryl methyl sites for hydroxylation is 1. The predicted octanol–water partition coefficient (Wildman–Crippen LogP) is 3.39. The van der Waals surface area contributed by atoms with Crippen molar-refractivity contribution >= 4 is 22.6 Å². The van der Waals surface area contributed by atoms with Crippen molar-refractivity contribution in [3.05, 3.63) is 27.3 Å². The Morgan fingerprint density at radius 3 is 2.75 bits per heavy atom. The Labute approximate surface area is 87.3 Å². The van der Waals surface area contributed by atoms with E-state index in [4.69, 9.17) is 4.74 Å². The molecule has 0 radical (unpaired) electrons. The molecule has 0 saturated heterocycles. The maximum Gasteiger partial charge on any atom is 0.132 e. The lowest BCUT2D eigenvalue weighted by Gasteiger charge is -2.06. The molecule has 0 N–H and O–H groups in total. The first-order valence-corrected chi connectivity index (χ1v) is 5.21. The highest BCUT2D eigenvalue weighted by atomic mass is 127. The molecular formula is C10H13IO. The molecule has 0 amide bonds. The second kappa shape index (κ2) is 4.70. The Morgan fingerprint density at radius 1 is 1.42 bits per heavy atom. The number of hydrogen-bond acceptors (Lipinski definition) is 1. The van der Waals surface area contributed by atoms with Gasteiger partial charge in [-0.25, -0.2) is 0 Å². The molecule has 0 spiro atoms. The Balaban J connectivity index is 2.72. The van der Waals surface area contributed by atoms with Crippen LogP contribution in [0, 0.1) is 10.5 Å². The van der Waals surface area contributed by atoms with Crippen molar-refractivity contribution in [3.63, 3.8) is 0 Å². The highest BCUT2D eigenvalue weighted by Gasteiger charge is 1.98. The van der Waals surface area contributed by atoms with Gasteiger partial charge in [0.25, 0.3) is 0 Å². The molecule has 0 saturated carbocycles. The Hall–Kier alpha value is -0.250. The third kappa shape index (κ3) is 2.66. The average molecular weight is 276 g/mol. The van der Waals surface area contributed by atoms with E-state index in [9.17, 15) is 0 Å². The molecule has 0 bridgehead atoms. The molecule has 1 aromatic rings. The fourth-order valence-electron chi connectivity index (χ4n) is 0.935. The normalized spacial score (nSPS) is 9.92. The molecule has 2 heteroatoms. The minimum Gasteiger partial charge on any atom is -0.492 e. The van der Waals surface area contributed by atoms with E-state index in [1.165, 1.54) is 9.13 Å². The van der Waals surface area contributed by atoms with Gasteiger partial charge in [0, 0.05) is 0 Å². The summed E-state index contributed by atoms with van der Waals surface area (Å²) in [5.74, 6) is 1.00. The molecule has 0 fully saturated rings. The van der Waals surface area contributed by atoms with Gasteiger partial charge >= 0.3 is 0 Å². The van der Waals surface area contributed by atoms with Crippen LogP contribution in [0.2, 0.25) is 0 Å². The van der Waals surface area contributed by atoms with Crippen molar-refractivity contribution in [1.82, 2.24) is 0 Å². The quantitative estimate of drug-likeness (QED) is 0.769. The van der Waals surface area contributed by atoms with Crippen LogP contribution in [0.15, 0.2) is 18.2 Å². The molecule has 0 aromatic heterocycles. The van der Waals surface area contributed by atoms with E-state index in [1.54, 1.807) is 0 Å². The number of halogens is 1. The van der Waals surface area contributed by atoms with Crippen LogP contribution in [-0.4, -0.2) is 6.61 Å². The Morgan fingerprint density at radius 2 is 2.17 bits per heavy atom. The minimum absolute atomic E-state index is 0.805. The topological polar surface area (TPSA) is 9.23 Å². The van der Waals surface area contributed by atoms with Crippen molar-refractivity contribution in [1.29, 1.82) is 0 Å². The van der Waals surface area contributed by atoms with Crippen molar-refractivity contribution in [2.24, 2.45) is 0 Å². The number of ether oxygens (including phenoxy) is 1. The van der Waals surface area contributed by atoms with E-state index in [0.29, 0.717) is 0 Å². The van der Waals surface area contributed by atoms with Crippen LogP contribution in [-0.2, 0) is 0 Å². The van der Waals surface area contributed by atoms with E-state index >= 15 is 0 Å². The fraction of sp³-hybridized carbons (Fsp3) is 0.400. The van der Waals surface area contributed by atoms with E-state index in [1.807, 2.05) is 6.07 Å². The molecule has 66 valence electrons. The summed E-state index contributed by atoms with van der Waals surface area (Å²) in [5, 5.41) is 0. The van der Waals surface area contributed by atoms with Crippen molar-refractivity contribution in [2.45, 2.75) is 20.3 Å². The smallest absolute Gasteiger partial charge is 0.132 e. The monoisotopic (exact) mass is 276 g/mol. The molecule has 1 aromatic carbocycles. The van der Waals surface area contributed by atoms with Gasteiger partial charge in [0.2, 0.25) is 0 Å². The number of rotatable bonds is 3. The van der Waals surface area contributed by atoms with E-state index in [0.717, 1.165) is 18.8 Å². The first-order chi connectivity index (χ1) is 5.74. The SMILES string of the molecule is CCCOc1ccc(C)cc1I.